The number of rotatable bonds is 36. The third kappa shape index (κ3) is 295. The molecule has 0 radical (unpaired) electrons. The smallest absolute Gasteiger partial charge is 0.194 e. The molecule has 0 aromatic heterocycles. The van der Waals surface area contributed by atoms with Gasteiger partial charge in [0, 0.05) is 0 Å². The molecule has 0 saturated heterocycles. The van der Waals surface area contributed by atoms with Gasteiger partial charge in [0.25, 0.3) is 0 Å². The normalized spacial score (nSPS) is 9.85. The van der Waals surface area contributed by atoms with Crippen molar-refractivity contribution < 1.29 is 118 Å². The Labute approximate surface area is 831 Å². The standard InChI is InChI=1S/2C12H24N2.2C10H20N2.2C8H16N2.6C3H7N.6C2H5.6CH3.6W/c2*1-7-11(3,4)13-9-10-14-12(5,6)8-2;2*1-9(2,3)11-7-8-12-10(4,5)6;2*1-7(2)9-5-6-10-8(3)4;6*1-2-3-4;6*1-2;;;;;;;;;;;;/h2*9-10H,7-8H2,1-6H3;2*7-8H,1-6H3;2*5-8H,1-4H3;6*2-3H2,1H3;6*1H2,2H3;6*1H3;;;;;;/q6*-2;;;;;;;12*-1;;;;;;. The van der Waals surface area contributed by atoms with Crippen molar-refractivity contribution in [2.24, 2.45) is 21.0 Å². The van der Waals surface area contributed by atoms with Gasteiger partial charge >= 0.3 is 258 Å². The van der Waals surface area contributed by atoms with Crippen molar-refractivity contribution in [2.75, 3.05) is 39.3 Å². The van der Waals surface area contributed by atoms with E-state index in [1.807, 2.05) is 80.2 Å². The van der Waals surface area contributed by atoms with Crippen molar-refractivity contribution in [1.29, 1.82) is 0 Å². The third-order valence-electron chi connectivity index (χ3n) is 10.8. The Balaban J connectivity index is -0.0000000381. The zero-order valence-electron chi connectivity index (χ0n) is 89.3. The molecule has 0 aromatic carbocycles. The summed E-state index contributed by atoms with van der Waals surface area (Å²) in [4.78, 5) is 0. The third-order valence-corrected chi connectivity index (χ3v) is 14.8. The molecule has 0 spiro atoms. The Morgan fingerprint density at radius 1 is 0.208 bits per heavy atom. The summed E-state index contributed by atoms with van der Waals surface area (Å²) in [5.41, 5.74) is 0.192. The second-order valence-corrected chi connectivity index (χ2v) is 35.8. The van der Waals surface area contributed by atoms with E-state index in [0.717, 1.165) is 65.0 Å². The fraction of sp³-hybridized carbons (Fsp3) is 0.750. The van der Waals surface area contributed by atoms with E-state index >= 15 is 0 Å². The van der Waals surface area contributed by atoms with Crippen LogP contribution in [-0.4, -0.2) is 108 Å². The Kier molecular flexibility index (Phi) is 224. The van der Waals surface area contributed by atoms with Crippen LogP contribution in [0.3, 0.4) is 0 Å². The van der Waals surface area contributed by atoms with E-state index in [2.05, 4.69) is 334 Å². The monoisotopic (exact) mass is 2720 g/mol. The van der Waals surface area contributed by atoms with Crippen LogP contribution in [-0.2, 0) is 118 Å². The molecule has 0 fully saturated rings. The SMILES string of the molecule is CC(C)(C)[N-]C=C[N-]C(C)(C)C.CC(C)(C)[N-]C=C[N-]C(C)(C)C.CC(C)[N-]C=C[N-]C(C)C.CC(C)[N-]C=C[N-]C(C)C.CCC(C)(C)[N-]C=C[N-]C(C)(C)CC.CCC(C)(C)[N-]C=C[N-]C(C)(C)CC.CCC[N]=[W].CCC[N]=[W].CCC[N]=[W].CCC[N]=[W].CCC[N]=[W].CCC[N]=[W].[CH2-]C.[CH2-]C.[CH2-]C.[CH2-]C.[CH2-]C.[CH2-]C.[CH3-].[CH3-].[CH3-].[CH3-].[CH3-].[CH3-]. The van der Waals surface area contributed by atoms with Gasteiger partial charge in [-0.3, -0.25) is 0 Å². The molecule has 0 amide bonds. The van der Waals surface area contributed by atoms with Crippen molar-refractivity contribution in [1.82, 2.24) is 0 Å². The van der Waals surface area contributed by atoms with Gasteiger partial charge in [0.2, 0.25) is 0 Å². The molecule has 0 unspecified atom stereocenters. The van der Waals surface area contributed by atoms with Crippen LogP contribution < -0.4 is 0 Å². The minimum Gasteiger partial charge on any atom is -0.358 e. The van der Waals surface area contributed by atoms with Crippen LogP contribution in [0, 0.1) is 86.1 Å². The molecule has 18 nitrogen and oxygen atoms in total. The van der Waals surface area contributed by atoms with Gasteiger partial charge < -0.3 is 150 Å². The molecule has 0 N–H and O–H groups in total. The average molecular weight is 2720 g/mol. The van der Waals surface area contributed by atoms with Gasteiger partial charge in [-0.05, 0) is 0 Å². The first-order chi connectivity index (χ1) is 52.8. The maximum absolute atomic E-state index is 4.44. The van der Waals surface area contributed by atoms with Crippen LogP contribution in [0.15, 0.2) is 95.4 Å². The largest absolute Gasteiger partial charge is 0.358 e. The van der Waals surface area contributed by atoms with Crippen LogP contribution in [0.1, 0.15) is 369 Å². The van der Waals surface area contributed by atoms with Gasteiger partial charge in [0.1, 0.15) is 0 Å². The molecule has 0 aliphatic carbocycles. The van der Waals surface area contributed by atoms with E-state index in [0.29, 0.717) is 24.2 Å². The summed E-state index contributed by atoms with van der Waals surface area (Å²) in [6.45, 7) is 116. The first-order valence-electron chi connectivity index (χ1n) is 41.3. The van der Waals surface area contributed by atoms with Crippen molar-refractivity contribution in [3.63, 3.8) is 0 Å². The summed E-state index contributed by atoms with van der Waals surface area (Å²) < 4.78 is 23.6. The molecule has 0 atom stereocenters. The minimum absolute atomic E-state index is 0. The van der Waals surface area contributed by atoms with Gasteiger partial charge in [0.05, 0.1) is 0 Å². The van der Waals surface area contributed by atoms with E-state index < -0.39 is 0 Å². The van der Waals surface area contributed by atoms with Gasteiger partial charge in [-0.2, -0.15) is 41.5 Å². The van der Waals surface area contributed by atoms with E-state index in [4.69, 9.17) is 0 Å². The second-order valence-electron chi connectivity index (χ2n) is 30.3. The van der Waals surface area contributed by atoms with E-state index in [1.165, 1.54) is 156 Å². The van der Waals surface area contributed by atoms with Crippen molar-refractivity contribution in [2.45, 2.75) is 437 Å². The van der Waals surface area contributed by atoms with Gasteiger partial charge in [-0.15, -0.1) is 68.5 Å². The quantitative estimate of drug-likeness (QED) is 0.0532. The Hall–Kier alpha value is -1.03. The maximum atomic E-state index is 4.44. The van der Waals surface area contributed by atoms with Crippen LogP contribution in [0.5, 0.6) is 0 Å². The van der Waals surface area contributed by atoms with Gasteiger partial charge in [-0.25, -0.2) is 74.4 Å². The fourth-order valence-electron chi connectivity index (χ4n) is 3.72. The minimum atomic E-state index is 0. The van der Waals surface area contributed by atoms with Crippen molar-refractivity contribution in [3.05, 3.63) is 224 Å². The summed E-state index contributed by atoms with van der Waals surface area (Å²) >= 11 is 8.09. The second kappa shape index (κ2) is 146. The van der Waals surface area contributed by atoms with Crippen LogP contribution in [0.2, 0.25) is 0 Å². The van der Waals surface area contributed by atoms with Crippen LogP contribution >= 0.6 is 0 Å². The summed E-state index contributed by atoms with van der Waals surface area (Å²) in [6, 6.07) is 1.49. The predicted octanol–water partition coefficient (Wildman–Crippen LogP) is 37.3. The summed E-state index contributed by atoms with van der Waals surface area (Å²) in [5.74, 6) is 0. The Morgan fingerprint density at radius 3 is 0.367 bits per heavy atom. The first-order valence-corrected chi connectivity index (χ1v) is 49.1. The van der Waals surface area contributed by atoms with Crippen LogP contribution in [0.25, 0.3) is 63.8 Å². The Morgan fingerprint density at radius 2 is 0.308 bits per heavy atom. The van der Waals surface area contributed by atoms with Crippen molar-refractivity contribution in [3.8, 4) is 0 Å². The van der Waals surface area contributed by atoms with Crippen molar-refractivity contribution >= 4 is 0 Å². The fourth-order valence-corrected chi connectivity index (χ4v) is 7.66. The number of hydrogen-bond acceptors (Lipinski definition) is 6. The number of hydrogen-bond donors (Lipinski definition) is 0. The molecule has 744 valence electrons. The maximum Gasteiger partial charge on any atom is -0.194 e. The average Bonchev–Trinajstić information content (AvgIpc) is 1.16. The van der Waals surface area contributed by atoms with E-state index in [1.54, 1.807) is 91.1 Å². The molecule has 0 aliphatic heterocycles. The molecule has 120 heavy (non-hydrogen) atoms. The summed E-state index contributed by atoms with van der Waals surface area (Å²) in [5, 5.41) is 51.4. The molecule has 0 rings (SSSR count). The summed E-state index contributed by atoms with van der Waals surface area (Å²) in [7, 11) is 0. The molecule has 0 bridgehead atoms. The molecule has 0 aromatic rings. The summed E-state index contributed by atoms with van der Waals surface area (Å²) in [6.07, 6.45) is 32.8. The molecular formula is C96H210N18W6-24. The molecule has 0 saturated carbocycles. The molecular weight excluding hydrogens is 2510 g/mol. The van der Waals surface area contributed by atoms with E-state index in [9.17, 15) is 0 Å². The van der Waals surface area contributed by atoms with Gasteiger partial charge in [-0.1, -0.05) is 247 Å². The van der Waals surface area contributed by atoms with Crippen LogP contribution in [0.4, 0.5) is 0 Å². The molecule has 0 heterocycles. The molecule has 0 aliphatic rings. The molecule has 24 heteroatoms. The zero-order valence-corrected chi connectivity index (χ0v) is 107. The van der Waals surface area contributed by atoms with Gasteiger partial charge in [0.15, 0.2) is 0 Å². The first kappa shape index (κ1) is 184. The zero-order chi connectivity index (χ0) is 94.8. The predicted molar refractivity (Wildman–Crippen MR) is 542 cm³/mol. The number of nitrogens with zero attached hydrogens (tertiary/aromatic N) is 18. The topological polar surface area (TPSA) is 243 Å². The Bertz CT molecular complexity index is 1650. The van der Waals surface area contributed by atoms with E-state index in [-0.39, 0.29) is 88.9 Å².